The van der Waals surface area contributed by atoms with Gasteiger partial charge < -0.3 is 5.32 Å². The maximum atomic E-state index is 11.1. The molecule has 0 aliphatic rings. The number of aryl methyl sites for hydroxylation is 1. The highest BCUT2D eigenvalue weighted by Crippen LogP contribution is 2.25. The van der Waals surface area contributed by atoms with Crippen LogP contribution in [0.25, 0.3) is 0 Å². The quantitative estimate of drug-likeness (QED) is 0.841. The summed E-state index contributed by atoms with van der Waals surface area (Å²) < 4.78 is 12.8. The van der Waals surface area contributed by atoms with E-state index in [9.17, 15) is 4.21 Å². The molecule has 1 heterocycles. The highest BCUT2D eigenvalue weighted by atomic mass is 35.5. The van der Waals surface area contributed by atoms with Crippen molar-refractivity contribution in [2.75, 3.05) is 12.0 Å². The average Bonchev–Trinajstić information content (AvgIpc) is 2.61. The second-order valence-electron chi connectivity index (χ2n) is 5.28. The molecule has 0 amide bonds. The number of hydrogen-bond donors (Lipinski definition) is 1. The van der Waals surface area contributed by atoms with Crippen molar-refractivity contribution in [2.45, 2.75) is 45.7 Å². The summed E-state index contributed by atoms with van der Waals surface area (Å²) in [5, 5.41) is 8.59. The van der Waals surface area contributed by atoms with Crippen molar-refractivity contribution in [2.24, 2.45) is 7.05 Å². The largest absolute Gasteiger partial charge is 0.310 e. The molecule has 1 aromatic heterocycles. The van der Waals surface area contributed by atoms with E-state index in [0.29, 0.717) is 23.7 Å². The van der Waals surface area contributed by atoms with Gasteiger partial charge in [-0.2, -0.15) is 5.10 Å². The third-order valence-corrected chi connectivity index (χ3v) is 4.40. The van der Waals surface area contributed by atoms with Gasteiger partial charge in [-0.15, -0.1) is 0 Å². The Morgan fingerprint density at radius 3 is 2.58 bits per heavy atom. The smallest absolute Gasteiger partial charge is 0.131 e. The third kappa shape index (κ3) is 4.89. The van der Waals surface area contributed by atoms with Crippen LogP contribution < -0.4 is 5.32 Å². The van der Waals surface area contributed by atoms with Crippen LogP contribution in [0.1, 0.15) is 44.4 Å². The second-order valence-corrected chi connectivity index (χ2v) is 7.19. The second kappa shape index (κ2) is 7.41. The molecule has 0 aromatic carbocycles. The maximum absolute atomic E-state index is 11.1. The molecule has 0 spiro atoms. The molecule has 0 fully saturated rings. The molecule has 0 saturated heterocycles. The van der Waals surface area contributed by atoms with E-state index in [0.717, 1.165) is 23.4 Å². The Kier molecular flexibility index (Phi) is 6.50. The van der Waals surface area contributed by atoms with E-state index in [-0.39, 0.29) is 0 Å². The van der Waals surface area contributed by atoms with Crippen molar-refractivity contribution in [3.05, 3.63) is 16.4 Å². The molecule has 2 atom stereocenters. The molecule has 0 radical (unpaired) electrons. The number of nitrogens with one attached hydrogen (secondary N) is 1. The minimum Gasteiger partial charge on any atom is -0.310 e. The first kappa shape index (κ1) is 16.7. The lowest BCUT2D eigenvalue weighted by Gasteiger charge is -2.14. The lowest BCUT2D eigenvalue weighted by molar-refractivity contribution is 0.532. The van der Waals surface area contributed by atoms with Crippen molar-refractivity contribution in [3.63, 3.8) is 0 Å². The van der Waals surface area contributed by atoms with Crippen LogP contribution >= 0.6 is 11.6 Å². The highest BCUT2D eigenvalue weighted by molar-refractivity contribution is 7.84. The van der Waals surface area contributed by atoms with Crippen LogP contribution in [-0.2, 0) is 24.4 Å². The number of hydrogen-bond acceptors (Lipinski definition) is 3. The van der Waals surface area contributed by atoms with Gasteiger partial charge in [0.05, 0.1) is 5.69 Å². The number of nitrogens with zero attached hydrogens (tertiary/aromatic N) is 2. The monoisotopic (exact) mass is 305 g/mol. The number of rotatable bonds is 7. The van der Waals surface area contributed by atoms with Gasteiger partial charge in [0.1, 0.15) is 5.15 Å². The highest BCUT2D eigenvalue weighted by Gasteiger charge is 2.17. The van der Waals surface area contributed by atoms with E-state index in [1.54, 1.807) is 10.9 Å². The Bertz CT molecular complexity index is 445. The van der Waals surface area contributed by atoms with Crippen LogP contribution in [0.3, 0.4) is 0 Å². The van der Waals surface area contributed by atoms with Gasteiger partial charge in [-0.3, -0.25) is 8.89 Å². The summed E-state index contributed by atoms with van der Waals surface area (Å²) >= 11 is 6.28. The Balaban J connectivity index is 2.64. The average molecular weight is 306 g/mol. The summed E-state index contributed by atoms with van der Waals surface area (Å²) in [6.45, 7) is 7.04. The van der Waals surface area contributed by atoms with Gasteiger partial charge in [-0.25, -0.2) is 0 Å². The van der Waals surface area contributed by atoms with Crippen molar-refractivity contribution in [1.29, 1.82) is 0 Å². The number of aromatic nitrogens is 2. The van der Waals surface area contributed by atoms with Crippen LogP contribution in [0, 0.1) is 0 Å². The van der Waals surface area contributed by atoms with Gasteiger partial charge >= 0.3 is 0 Å². The summed E-state index contributed by atoms with van der Waals surface area (Å²) in [4.78, 5) is 0. The summed E-state index contributed by atoms with van der Waals surface area (Å²) in [5.41, 5.74) is 2.12. The summed E-state index contributed by atoms with van der Waals surface area (Å²) in [7, 11) is 1.13. The summed E-state index contributed by atoms with van der Waals surface area (Å²) in [6.07, 6.45) is 2.64. The first-order valence-corrected chi connectivity index (χ1v) is 8.68. The van der Waals surface area contributed by atoms with E-state index in [1.165, 1.54) is 0 Å². The lowest BCUT2D eigenvalue weighted by Crippen LogP contribution is -2.27. The summed E-state index contributed by atoms with van der Waals surface area (Å²) in [5.74, 6) is 1.08. The molecule has 0 aliphatic heterocycles. The molecule has 1 N–H and O–H groups in total. The fourth-order valence-electron chi connectivity index (χ4n) is 1.92. The van der Waals surface area contributed by atoms with E-state index >= 15 is 0 Å². The normalized spacial score (nSPS) is 14.9. The van der Waals surface area contributed by atoms with E-state index in [4.69, 9.17) is 11.6 Å². The van der Waals surface area contributed by atoms with Crippen molar-refractivity contribution in [1.82, 2.24) is 15.1 Å². The van der Waals surface area contributed by atoms with E-state index in [2.05, 4.69) is 31.2 Å². The predicted molar refractivity (Wildman–Crippen MR) is 82.2 cm³/mol. The molecule has 4 nitrogen and oxygen atoms in total. The standard InChI is InChI=1S/C13H24ClN3OS/c1-9(2)12-11(13(14)17(4)16-12)8-15-10(3)6-7-19(5)18/h9-10,15H,6-8H2,1-5H3. The first-order valence-electron chi connectivity index (χ1n) is 6.57. The molecule has 6 heteroatoms. The molecular formula is C13H24ClN3OS. The Morgan fingerprint density at radius 2 is 2.05 bits per heavy atom. The SMILES string of the molecule is CC(CCS(C)=O)NCc1c(C(C)C)nn(C)c1Cl. The molecule has 1 aromatic rings. The molecule has 1 rings (SSSR count). The molecular weight excluding hydrogens is 282 g/mol. The fraction of sp³-hybridized carbons (Fsp3) is 0.769. The Morgan fingerprint density at radius 1 is 1.42 bits per heavy atom. The first-order chi connectivity index (χ1) is 8.82. The Hall–Kier alpha value is -0.390. The Labute approximate surface area is 123 Å². The van der Waals surface area contributed by atoms with Crippen LogP contribution in [0.2, 0.25) is 5.15 Å². The van der Waals surface area contributed by atoms with Crippen LogP contribution in [0.4, 0.5) is 0 Å². The zero-order valence-corrected chi connectivity index (χ0v) is 13.9. The van der Waals surface area contributed by atoms with Gasteiger partial charge in [0.2, 0.25) is 0 Å². The molecule has 2 unspecified atom stereocenters. The predicted octanol–water partition coefficient (Wildman–Crippen LogP) is 2.44. The van der Waals surface area contributed by atoms with Crippen LogP contribution in [0.5, 0.6) is 0 Å². The van der Waals surface area contributed by atoms with Gasteiger partial charge in [0.15, 0.2) is 0 Å². The summed E-state index contributed by atoms with van der Waals surface area (Å²) in [6, 6.07) is 0.320. The van der Waals surface area contributed by atoms with Gasteiger partial charge in [-0.05, 0) is 19.3 Å². The zero-order chi connectivity index (χ0) is 14.6. The molecule has 110 valence electrons. The van der Waals surface area contributed by atoms with Crippen molar-refractivity contribution in [3.8, 4) is 0 Å². The lowest BCUT2D eigenvalue weighted by atomic mass is 10.1. The number of halogens is 1. The zero-order valence-electron chi connectivity index (χ0n) is 12.4. The van der Waals surface area contributed by atoms with Crippen LogP contribution in [-0.4, -0.2) is 32.0 Å². The molecule has 0 aliphatic carbocycles. The maximum Gasteiger partial charge on any atom is 0.131 e. The molecule has 0 bridgehead atoms. The fourth-order valence-corrected chi connectivity index (χ4v) is 2.80. The van der Waals surface area contributed by atoms with E-state index in [1.807, 2.05) is 7.05 Å². The minimum atomic E-state index is -0.729. The van der Waals surface area contributed by atoms with Crippen LogP contribution in [0.15, 0.2) is 0 Å². The topological polar surface area (TPSA) is 46.9 Å². The van der Waals surface area contributed by atoms with Gasteiger partial charge in [-0.1, -0.05) is 25.4 Å². The van der Waals surface area contributed by atoms with Gasteiger partial charge in [0.25, 0.3) is 0 Å². The van der Waals surface area contributed by atoms with E-state index < -0.39 is 10.8 Å². The van der Waals surface area contributed by atoms with Gasteiger partial charge in [0, 0.05) is 48.0 Å². The molecule has 0 saturated carbocycles. The minimum absolute atomic E-state index is 0.320. The van der Waals surface area contributed by atoms with Crippen molar-refractivity contribution < 1.29 is 4.21 Å². The van der Waals surface area contributed by atoms with Crippen molar-refractivity contribution >= 4 is 22.4 Å². The molecule has 19 heavy (non-hydrogen) atoms. The third-order valence-electron chi connectivity index (χ3n) is 3.11.